The second kappa shape index (κ2) is 10.6. The highest BCUT2D eigenvalue weighted by Crippen LogP contribution is 2.48. The lowest BCUT2D eigenvalue weighted by molar-refractivity contribution is -0.139. The first-order valence-electron chi connectivity index (χ1n) is 12.1. The number of aliphatic hydroxyl groups is 2. The number of imidazole rings is 1. The molecule has 1 saturated carbocycles. The van der Waals surface area contributed by atoms with E-state index in [-0.39, 0.29) is 18.2 Å². The number of aromatic nitrogens is 3. The molecule has 2 atom stereocenters. The average Bonchev–Trinajstić information content (AvgIpc) is 3.48. The van der Waals surface area contributed by atoms with Gasteiger partial charge in [0.25, 0.3) is 0 Å². The average molecular weight is 495 g/mol. The van der Waals surface area contributed by atoms with Gasteiger partial charge in [-0.05, 0) is 68.0 Å². The summed E-state index contributed by atoms with van der Waals surface area (Å²) >= 11 is 0. The summed E-state index contributed by atoms with van der Waals surface area (Å²) in [5, 5.41) is 33.3. The summed E-state index contributed by atoms with van der Waals surface area (Å²) in [6.45, 7) is 1.97. The van der Waals surface area contributed by atoms with Crippen LogP contribution in [0, 0.1) is 11.7 Å². The lowest BCUT2D eigenvalue weighted by Crippen LogP contribution is -2.17. The number of carbonyl (C=O) groups is 1. The lowest BCUT2D eigenvalue weighted by Gasteiger charge is -2.16. The zero-order valence-corrected chi connectivity index (χ0v) is 20.4. The standard InChI is InChI=1S/C27H31FN4O4/c1-3-17(14-21(33)16-23(34)35)9-13-32-25(18-4-6-20(28)7-5-18)24(31-26(32)27(36)10-11-27)19-8-12-30-22(15-19)29-2/h4-9,12-13,15,17,21,33,36H,3,10-11,14,16H2,1-2H3,(H,29,30)(H,34,35)/b13-9+. The number of halogens is 1. The van der Waals surface area contributed by atoms with Crippen LogP contribution in [0.3, 0.4) is 0 Å². The van der Waals surface area contributed by atoms with Gasteiger partial charge in [-0.2, -0.15) is 0 Å². The third-order valence-corrected chi connectivity index (χ3v) is 6.47. The second-order valence-corrected chi connectivity index (χ2v) is 9.22. The third kappa shape index (κ3) is 5.63. The van der Waals surface area contributed by atoms with Gasteiger partial charge in [0.2, 0.25) is 0 Å². The number of aliphatic hydroxyl groups excluding tert-OH is 1. The Hall–Kier alpha value is -3.56. The smallest absolute Gasteiger partial charge is 0.305 e. The van der Waals surface area contributed by atoms with E-state index in [2.05, 4.69) is 10.3 Å². The van der Waals surface area contributed by atoms with Crippen molar-refractivity contribution >= 4 is 18.0 Å². The molecular formula is C27H31FN4O4. The number of anilines is 1. The molecule has 2 heterocycles. The molecular weight excluding hydrogens is 463 g/mol. The van der Waals surface area contributed by atoms with E-state index in [0.717, 1.165) is 11.1 Å². The van der Waals surface area contributed by atoms with Crippen molar-refractivity contribution in [3.8, 4) is 22.5 Å². The molecule has 4 N–H and O–H groups in total. The van der Waals surface area contributed by atoms with Gasteiger partial charge in [-0.25, -0.2) is 14.4 Å². The Morgan fingerprint density at radius 3 is 2.58 bits per heavy atom. The van der Waals surface area contributed by atoms with Crippen LogP contribution in [-0.2, 0) is 10.4 Å². The Balaban J connectivity index is 1.84. The molecule has 0 aliphatic heterocycles. The van der Waals surface area contributed by atoms with E-state index < -0.39 is 17.7 Å². The van der Waals surface area contributed by atoms with Gasteiger partial charge in [-0.3, -0.25) is 4.79 Å². The van der Waals surface area contributed by atoms with E-state index in [1.54, 1.807) is 25.4 Å². The van der Waals surface area contributed by atoms with Crippen molar-refractivity contribution in [3.63, 3.8) is 0 Å². The third-order valence-electron chi connectivity index (χ3n) is 6.47. The van der Waals surface area contributed by atoms with Crippen LogP contribution in [-0.4, -0.2) is 49.0 Å². The number of nitrogens with zero attached hydrogens (tertiary/aromatic N) is 3. The Kier molecular flexibility index (Phi) is 7.51. The van der Waals surface area contributed by atoms with Crippen molar-refractivity contribution in [2.75, 3.05) is 12.4 Å². The number of rotatable bonds is 11. The Labute approximate surface area is 209 Å². The molecule has 9 heteroatoms. The minimum Gasteiger partial charge on any atom is -0.481 e. The predicted molar refractivity (Wildman–Crippen MR) is 136 cm³/mol. The first-order valence-corrected chi connectivity index (χ1v) is 12.1. The number of pyridine rings is 1. The molecule has 1 fully saturated rings. The predicted octanol–water partition coefficient (Wildman–Crippen LogP) is 4.50. The summed E-state index contributed by atoms with van der Waals surface area (Å²) in [5.41, 5.74) is 1.76. The van der Waals surface area contributed by atoms with Gasteiger partial charge >= 0.3 is 5.97 Å². The summed E-state index contributed by atoms with van der Waals surface area (Å²) in [6.07, 6.45) is 6.26. The quantitative estimate of drug-likeness (QED) is 0.310. The highest BCUT2D eigenvalue weighted by atomic mass is 19.1. The Bertz CT molecular complexity index is 1250. The van der Waals surface area contributed by atoms with Crippen LogP contribution in [0.1, 0.15) is 44.9 Å². The monoisotopic (exact) mass is 494 g/mol. The molecule has 0 amide bonds. The topological polar surface area (TPSA) is 121 Å². The van der Waals surface area contributed by atoms with Gasteiger partial charge in [0, 0.05) is 30.6 Å². The molecule has 1 aliphatic rings. The van der Waals surface area contributed by atoms with E-state index in [1.807, 2.05) is 35.9 Å². The Morgan fingerprint density at radius 1 is 1.25 bits per heavy atom. The fourth-order valence-corrected chi connectivity index (χ4v) is 4.27. The van der Waals surface area contributed by atoms with Crippen molar-refractivity contribution in [1.29, 1.82) is 0 Å². The van der Waals surface area contributed by atoms with E-state index in [4.69, 9.17) is 10.1 Å². The number of hydrogen-bond acceptors (Lipinski definition) is 6. The van der Waals surface area contributed by atoms with Gasteiger partial charge in [0.1, 0.15) is 23.1 Å². The number of aliphatic carboxylic acids is 1. The van der Waals surface area contributed by atoms with Crippen LogP contribution < -0.4 is 5.32 Å². The van der Waals surface area contributed by atoms with Gasteiger partial charge in [0.15, 0.2) is 0 Å². The van der Waals surface area contributed by atoms with Crippen LogP contribution in [0.5, 0.6) is 0 Å². The van der Waals surface area contributed by atoms with Crippen molar-refractivity contribution in [2.24, 2.45) is 5.92 Å². The number of hydrogen-bond donors (Lipinski definition) is 4. The second-order valence-electron chi connectivity index (χ2n) is 9.22. The van der Waals surface area contributed by atoms with Crippen LogP contribution in [0.25, 0.3) is 28.7 Å². The molecule has 0 spiro atoms. The molecule has 0 saturated heterocycles. The van der Waals surface area contributed by atoms with Crippen molar-refractivity contribution < 1.29 is 24.5 Å². The Morgan fingerprint density at radius 2 is 1.97 bits per heavy atom. The summed E-state index contributed by atoms with van der Waals surface area (Å²) < 4.78 is 15.6. The molecule has 0 bridgehead atoms. The number of carboxylic acids is 1. The fourth-order valence-electron chi connectivity index (χ4n) is 4.27. The maximum absolute atomic E-state index is 13.8. The SMILES string of the molecule is CCC(/C=C/n1c(C2(O)CC2)nc(-c2ccnc(NC)c2)c1-c1ccc(F)cc1)CC(O)CC(=O)O. The normalized spacial score (nSPS) is 16.1. The van der Waals surface area contributed by atoms with E-state index in [0.29, 0.717) is 48.7 Å². The van der Waals surface area contributed by atoms with E-state index >= 15 is 0 Å². The summed E-state index contributed by atoms with van der Waals surface area (Å²) in [5.74, 6) is -0.354. The van der Waals surface area contributed by atoms with Gasteiger partial charge < -0.3 is 25.2 Å². The number of nitrogens with one attached hydrogen (secondary N) is 1. The molecule has 2 unspecified atom stereocenters. The molecule has 2 aromatic heterocycles. The minimum absolute atomic E-state index is 0.0928. The number of allylic oxidation sites excluding steroid dienone is 1. The number of carboxylic acid groups (broad SMARTS) is 1. The maximum atomic E-state index is 13.8. The van der Waals surface area contributed by atoms with Gasteiger partial charge in [0.05, 0.1) is 23.9 Å². The van der Waals surface area contributed by atoms with Gasteiger partial charge in [-0.15, -0.1) is 0 Å². The maximum Gasteiger partial charge on any atom is 0.305 e. The molecule has 190 valence electrons. The van der Waals surface area contributed by atoms with Crippen molar-refractivity contribution in [3.05, 3.63) is 60.3 Å². The molecule has 1 aromatic carbocycles. The molecule has 3 aromatic rings. The molecule has 1 aliphatic carbocycles. The van der Waals surface area contributed by atoms with E-state index in [1.165, 1.54) is 12.1 Å². The summed E-state index contributed by atoms with van der Waals surface area (Å²) in [6, 6.07) is 9.82. The van der Waals surface area contributed by atoms with Crippen LogP contribution in [0.4, 0.5) is 10.2 Å². The lowest BCUT2D eigenvalue weighted by atomic mass is 9.97. The van der Waals surface area contributed by atoms with E-state index in [9.17, 15) is 19.4 Å². The zero-order valence-electron chi connectivity index (χ0n) is 20.4. The molecule has 4 rings (SSSR count). The van der Waals surface area contributed by atoms with Crippen LogP contribution in [0.15, 0.2) is 48.7 Å². The summed E-state index contributed by atoms with van der Waals surface area (Å²) in [7, 11) is 1.77. The van der Waals surface area contributed by atoms with Crippen molar-refractivity contribution in [2.45, 2.75) is 50.7 Å². The highest BCUT2D eigenvalue weighted by molar-refractivity contribution is 5.81. The summed E-state index contributed by atoms with van der Waals surface area (Å²) in [4.78, 5) is 20.1. The molecule has 36 heavy (non-hydrogen) atoms. The zero-order chi connectivity index (χ0) is 25.9. The van der Waals surface area contributed by atoms with Crippen molar-refractivity contribution in [1.82, 2.24) is 14.5 Å². The van der Waals surface area contributed by atoms with Crippen LogP contribution >= 0.6 is 0 Å². The fraction of sp³-hybridized carbons (Fsp3) is 0.370. The number of benzene rings is 1. The highest BCUT2D eigenvalue weighted by Gasteiger charge is 2.47. The molecule has 0 radical (unpaired) electrons. The first kappa shape index (κ1) is 25.5. The molecule has 8 nitrogen and oxygen atoms in total. The largest absolute Gasteiger partial charge is 0.481 e. The van der Waals surface area contributed by atoms with Crippen LogP contribution in [0.2, 0.25) is 0 Å². The first-order chi connectivity index (χ1) is 17.2. The minimum atomic E-state index is -1.07. The van der Waals surface area contributed by atoms with Gasteiger partial charge in [-0.1, -0.05) is 13.0 Å².